The second-order valence-electron chi connectivity index (χ2n) is 3.76. The summed E-state index contributed by atoms with van der Waals surface area (Å²) in [7, 11) is 0. The Bertz CT molecular complexity index is 236. The maximum Gasteiger partial charge on any atom is 0.115 e. The minimum absolute atomic E-state index is 0.646. The predicted molar refractivity (Wildman–Crippen MR) is 58.1 cm³/mol. The third-order valence-electron chi connectivity index (χ3n) is 2.12. The number of hydrogen-bond acceptors (Lipinski definition) is 3. The first-order chi connectivity index (χ1) is 6.83. The molecular formula is C11H19N3. The predicted octanol–water partition coefficient (Wildman–Crippen LogP) is 1.65. The highest BCUT2D eigenvalue weighted by molar-refractivity contribution is 5.03. The van der Waals surface area contributed by atoms with Crippen LogP contribution in [0.2, 0.25) is 0 Å². The highest BCUT2D eigenvalue weighted by atomic mass is 14.8. The van der Waals surface area contributed by atoms with E-state index in [9.17, 15) is 0 Å². The lowest BCUT2D eigenvalue weighted by Gasteiger charge is -2.11. The third-order valence-corrected chi connectivity index (χ3v) is 2.12. The molecule has 0 saturated heterocycles. The van der Waals surface area contributed by atoms with Crippen molar-refractivity contribution in [2.45, 2.75) is 26.7 Å². The van der Waals surface area contributed by atoms with Crippen LogP contribution < -0.4 is 5.32 Å². The largest absolute Gasteiger partial charge is 0.316 e. The molecule has 78 valence electrons. The number of hydrogen-bond donors (Lipinski definition) is 1. The van der Waals surface area contributed by atoms with Crippen LogP contribution in [0.25, 0.3) is 0 Å². The molecule has 1 aromatic heterocycles. The number of nitrogens with zero attached hydrogens (tertiary/aromatic N) is 2. The fourth-order valence-corrected chi connectivity index (χ4v) is 1.44. The van der Waals surface area contributed by atoms with Crippen molar-refractivity contribution >= 4 is 0 Å². The van der Waals surface area contributed by atoms with Crippen molar-refractivity contribution in [3.63, 3.8) is 0 Å². The van der Waals surface area contributed by atoms with E-state index in [-0.39, 0.29) is 0 Å². The summed E-state index contributed by atoms with van der Waals surface area (Å²) in [6.45, 7) is 6.61. The lowest BCUT2D eigenvalue weighted by Crippen LogP contribution is -2.23. The van der Waals surface area contributed by atoms with Crippen LogP contribution >= 0.6 is 0 Å². The summed E-state index contributed by atoms with van der Waals surface area (Å²) in [5.74, 6) is 0.646. The second-order valence-corrected chi connectivity index (χ2v) is 3.76. The van der Waals surface area contributed by atoms with Gasteiger partial charge in [-0.05, 0) is 37.4 Å². The minimum atomic E-state index is 0.646. The Morgan fingerprint density at radius 2 is 2.07 bits per heavy atom. The Labute approximate surface area is 86.0 Å². The number of aromatic nitrogens is 2. The van der Waals surface area contributed by atoms with Crippen molar-refractivity contribution in [1.29, 1.82) is 0 Å². The maximum atomic E-state index is 4.00. The van der Waals surface area contributed by atoms with Crippen molar-refractivity contribution in [2.75, 3.05) is 13.1 Å². The summed E-state index contributed by atoms with van der Waals surface area (Å²) in [6.07, 6.45) is 7.61. The van der Waals surface area contributed by atoms with Crippen LogP contribution in [0.1, 0.15) is 25.8 Å². The zero-order valence-corrected chi connectivity index (χ0v) is 9.03. The second kappa shape index (κ2) is 6.49. The first kappa shape index (κ1) is 11.1. The van der Waals surface area contributed by atoms with Crippen molar-refractivity contribution in [1.82, 2.24) is 15.3 Å². The van der Waals surface area contributed by atoms with Gasteiger partial charge in [0.2, 0.25) is 0 Å². The molecular weight excluding hydrogens is 174 g/mol. The molecule has 1 rings (SSSR count). The van der Waals surface area contributed by atoms with E-state index in [0.29, 0.717) is 5.92 Å². The Balaban J connectivity index is 2.23. The van der Waals surface area contributed by atoms with E-state index in [0.717, 1.165) is 19.5 Å². The first-order valence-corrected chi connectivity index (χ1v) is 5.27. The molecule has 0 spiro atoms. The molecule has 0 aliphatic heterocycles. The maximum absolute atomic E-state index is 4.00. The molecule has 1 aromatic rings. The number of rotatable bonds is 6. The zero-order chi connectivity index (χ0) is 10.2. The minimum Gasteiger partial charge on any atom is -0.316 e. The van der Waals surface area contributed by atoms with Crippen LogP contribution in [0.15, 0.2) is 18.7 Å². The molecule has 0 fully saturated rings. The molecule has 0 bridgehead atoms. The van der Waals surface area contributed by atoms with Crippen molar-refractivity contribution in [3.05, 3.63) is 24.3 Å². The van der Waals surface area contributed by atoms with Gasteiger partial charge in [-0.2, -0.15) is 0 Å². The van der Waals surface area contributed by atoms with Gasteiger partial charge in [-0.1, -0.05) is 13.8 Å². The molecule has 14 heavy (non-hydrogen) atoms. The molecule has 1 atom stereocenters. The van der Waals surface area contributed by atoms with Crippen LogP contribution in [-0.4, -0.2) is 23.1 Å². The molecule has 1 N–H and O–H groups in total. The Kier molecular flexibility index (Phi) is 5.15. The standard InChI is InChI=1S/C11H19N3/c1-3-4-12-6-10(2)5-11-7-13-9-14-8-11/h7-10,12H,3-6H2,1-2H3. The lowest BCUT2D eigenvalue weighted by molar-refractivity contribution is 0.509. The SMILES string of the molecule is CCCNCC(C)Cc1cncnc1. The smallest absolute Gasteiger partial charge is 0.115 e. The van der Waals surface area contributed by atoms with Gasteiger partial charge < -0.3 is 5.32 Å². The van der Waals surface area contributed by atoms with Gasteiger partial charge in [0.1, 0.15) is 6.33 Å². The Hall–Kier alpha value is -0.960. The highest BCUT2D eigenvalue weighted by Crippen LogP contribution is 2.04. The molecule has 0 aliphatic carbocycles. The number of nitrogens with one attached hydrogen (secondary N) is 1. The average Bonchev–Trinajstić information content (AvgIpc) is 2.20. The van der Waals surface area contributed by atoms with Crippen molar-refractivity contribution in [3.8, 4) is 0 Å². The third kappa shape index (κ3) is 4.33. The molecule has 0 aromatic carbocycles. The van der Waals surface area contributed by atoms with Crippen LogP contribution in [0.3, 0.4) is 0 Å². The molecule has 0 radical (unpaired) electrons. The van der Waals surface area contributed by atoms with Crippen LogP contribution in [0.4, 0.5) is 0 Å². The van der Waals surface area contributed by atoms with Crippen molar-refractivity contribution in [2.24, 2.45) is 5.92 Å². The van der Waals surface area contributed by atoms with E-state index in [4.69, 9.17) is 0 Å². The average molecular weight is 193 g/mol. The van der Waals surface area contributed by atoms with Gasteiger partial charge in [-0.25, -0.2) is 9.97 Å². The molecule has 0 aliphatic rings. The Morgan fingerprint density at radius 3 is 2.71 bits per heavy atom. The van der Waals surface area contributed by atoms with E-state index >= 15 is 0 Å². The summed E-state index contributed by atoms with van der Waals surface area (Å²) in [5.41, 5.74) is 1.22. The van der Waals surface area contributed by atoms with E-state index in [1.54, 1.807) is 6.33 Å². The fourth-order valence-electron chi connectivity index (χ4n) is 1.44. The first-order valence-electron chi connectivity index (χ1n) is 5.27. The molecule has 3 heteroatoms. The van der Waals surface area contributed by atoms with Crippen molar-refractivity contribution < 1.29 is 0 Å². The van der Waals surface area contributed by atoms with E-state index < -0.39 is 0 Å². The quantitative estimate of drug-likeness (QED) is 0.698. The van der Waals surface area contributed by atoms with Gasteiger partial charge in [-0.15, -0.1) is 0 Å². The van der Waals surface area contributed by atoms with Gasteiger partial charge >= 0.3 is 0 Å². The Morgan fingerprint density at radius 1 is 1.36 bits per heavy atom. The van der Waals surface area contributed by atoms with Crippen LogP contribution in [0.5, 0.6) is 0 Å². The lowest BCUT2D eigenvalue weighted by atomic mass is 10.0. The van der Waals surface area contributed by atoms with E-state index in [1.807, 2.05) is 12.4 Å². The van der Waals surface area contributed by atoms with E-state index in [2.05, 4.69) is 29.1 Å². The molecule has 3 nitrogen and oxygen atoms in total. The highest BCUT2D eigenvalue weighted by Gasteiger charge is 2.02. The zero-order valence-electron chi connectivity index (χ0n) is 9.03. The summed E-state index contributed by atoms with van der Waals surface area (Å²) in [6, 6.07) is 0. The monoisotopic (exact) mass is 193 g/mol. The van der Waals surface area contributed by atoms with Crippen LogP contribution in [-0.2, 0) is 6.42 Å². The molecule has 0 amide bonds. The summed E-state index contributed by atoms with van der Waals surface area (Å²) in [5, 5.41) is 3.41. The van der Waals surface area contributed by atoms with Crippen LogP contribution in [0, 0.1) is 5.92 Å². The van der Waals surface area contributed by atoms with Gasteiger partial charge in [0.05, 0.1) is 0 Å². The molecule has 1 unspecified atom stereocenters. The van der Waals surface area contributed by atoms with Gasteiger partial charge in [-0.3, -0.25) is 0 Å². The van der Waals surface area contributed by atoms with Gasteiger partial charge in [0, 0.05) is 12.4 Å². The fraction of sp³-hybridized carbons (Fsp3) is 0.636. The van der Waals surface area contributed by atoms with Gasteiger partial charge in [0.25, 0.3) is 0 Å². The summed E-state index contributed by atoms with van der Waals surface area (Å²) in [4.78, 5) is 8.01. The molecule has 1 heterocycles. The van der Waals surface area contributed by atoms with E-state index in [1.165, 1.54) is 12.0 Å². The normalized spacial score (nSPS) is 12.7. The summed E-state index contributed by atoms with van der Waals surface area (Å²) >= 11 is 0. The topological polar surface area (TPSA) is 37.8 Å². The van der Waals surface area contributed by atoms with Gasteiger partial charge in [0.15, 0.2) is 0 Å². The molecule has 0 saturated carbocycles. The summed E-state index contributed by atoms with van der Waals surface area (Å²) < 4.78 is 0.